The van der Waals surface area contributed by atoms with Crippen molar-refractivity contribution >= 4 is 23.3 Å². The summed E-state index contributed by atoms with van der Waals surface area (Å²) in [6, 6.07) is 3.42. The van der Waals surface area contributed by atoms with Gasteiger partial charge in [-0.2, -0.15) is 5.10 Å². The van der Waals surface area contributed by atoms with Crippen molar-refractivity contribution in [2.75, 3.05) is 12.3 Å². The number of hydrogen-bond donors (Lipinski definition) is 2. The lowest BCUT2D eigenvalue weighted by Crippen LogP contribution is -2.42. The summed E-state index contributed by atoms with van der Waals surface area (Å²) < 4.78 is 18.1. The van der Waals surface area contributed by atoms with Crippen LogP contribution in [0.2, 0.25) is 0 Å². The quantitative estimate of drug-likeness (QED) is 0.693. The van der Waals surface area contributed by atoms with Gasteiger partial charge in [-0.3, -0.25) is 9.59 Å². The van der Waals surface area contributed by atoms with Gasteiger partial charge >= 0.3 is 11.9 Å². The van der Waals surface area contributed by atoms with Crippen molar-refractivity contribution in [3.05, 3.63) is 24.2 Å². The third kappa shape index (κ3) is 3.40. The number of aliphatic hydroxyl groups is 1. The van der Waals surface area contributed by atoms with E-state index < -0.39 is 41.8 Å². The van der Waals surface area contributed by atoms with E-state index in [-0.39, 0.29) is 12.4 Å². The second-order valence-electron chi connectivity index (χ2n) is 7.23. The molecular formula is C18H24N4O6. The van der Waals surface area contributed by atoms with Gasteiger partial charge in [0.1, 0.15) is 36.3 Å². The Bertz CT molecular complexity index is 897. The van der Waals surface area contributed by atoms with Crippen LogP contribution in [0.25, 0.3) is 5.52 Å². The number of nitrogens with zero attached hydrogens (tertiary/aromatic N) is 3. The second-order valence-corrected chi connectivity index (χ2v) is 7.23. The molecule has 1 aliphatic heterocycles. The Labute approximate surface area is 161 Å². The Morgan fingerprint density at radius 2 is 2.14 bits per heavy atom. The van der Waals surface area contributed by atoms with Gasteiger partial charge in [-0.1, -0.05) is 13.8 Å². The minimum absolute atomic E-state index is 0.168. The molecule has 1 saturated heterocycles. The van der Waals surface area contributed by atoms with Crippen molar-refractivity contribution in [3.8, 4) is 0 Å². The zero-order chi connectivity index (χ0) is 20.6. The number of anilines is 1. The molecule has 3 heterocycles. The molecule has 1 fully saturated rings. The molecule has 0 unspecified atom stereocenters. The van der Waals surface area contributed by atoms with Crippen molar-refractivity contribution in [2.45, 2.75) is 51.6 Å². The van der Waals surface area contributed by atoms with Gasteiger partial charge in [-0.05, 0) is 19.1 Å². The number of rotatable bonds is 5. The van der Waals surface area contributed by atoms with Crippen LogP contribution in [0.5, 0.6) is 0 Å². The van der Waals surface area contributed by atoms with E-state index in [1.165, 1.54) is 17.8 Å². The molecule has 2 aromatic heterocycles. The van der Waals surface area contributed by atoms with Crippen molar-refractivity contribution < 1.29 is 28.9 Å². The van der Waals surface area contributed by atoms with E-state index in [0.29, 0.717) is 11.2 Å². The standard InChI is InChI=1S/C18H24N4O6/c1-9(2)17(25)27-14-12(7-26-10(3)23)28-18(4,15(14)24)13-6-5-11-16(19)20-8-21-22(11)13/h5-6,8-9,12,14-15,24H,7H2,1-4H3,(H2,19,20,21)/t12-,14-,15-,18+/m1/s1. The summed E-state index contributed by atoms with van der Waals surface area (Å²) in [4.78, 5) is 27.3. The molecule has 0 amide bonds. The van der Waals surface area contributed by atoms with Gasteiger partial charge in [-0.15, -0.1) is 0 Å². The Balaban J connectivity index is 1.98. The van der Waals surface area contributed by atoms with E-state index in [1.807, 2.05) is 0 Å². The first-order valence-corrected chi connectivity index (χ1v) is 8.93. The van der Waals surface area contributed by atoms with Gasteiger partial charge < -0.3 is 25.1 Å². The fraction of sp³-hybridized carbons (Fsp3) is 0.556. The number of fused-ring (bicyclic) bond motifs is 1. The van der Waals surface area contributed by atoms with Crippen LogP contribution < -0.4 is 5.73 Å². The molecule has 10 nitrogen and oxygen atoms in total. The molecule has 0 spiro atoms. The molecule has 28 heavy (non-hydrogen) atoms. The van der Waals surface area contributed by atoms with Crippen LogP contribution in [0.3, 0.4) is 0 Å². The smallest absolute Gasteiger partial charge is 0.308 e. The van der Waals surface area contributed by atoms with Crippen molar-refractivity contribution in [1.82, 2.24) is 14.6 Å². The number of aromatic nitrogens is 3. The largest absolute Gasteiger partial charge is 0.463 e. The van der Waals surface area contributed by atoms with E-state index in [4.69, 9.17) is 19.9 Å². The van der Waals surface area contributed by atoms with Crippen LogP contribution in [-0.4, -0.2) is 56.6 Å². The van der Waals surface area contributed by atoms with E-state index in [0.717, 1.165) is 0 Å². The highest BCUT2D eigenvalue weighted by atomic mass is 16.6. The Kier molecular flexibility index (Phi) is 5.26. The Morgan fingerprint density at radius 3 is 2.79 bits per heavy atom. The van der Waals surface area contributed by atoms with Crippen LogP contribution in [0.15, 0.2) is 18.5 Å². The van der Waals surface area contributed by atoms with Gasteiger partial charge in [0.15, 0.2) is 11.9 Å². The van der Waals surface area contributed by atoms with Gasteiger partial charge in [0.25, 0.3) is 0 Å². The number of nitrogens with two attached hydrogens (primary N) is 1. The molecule has 0 radical (unpaired) electrons. The summed E-state index contributed by atoms with van der Waals surface area (Å²) in [7, 11) is 0. The maximum atomic E-state index is 12.1. The first kappa shape index (κ1) is 20.0. The molecule has 0 bridgehead atoms. The zero-order valence-electron chi connectivity index (χ0n) is 16.2. The molecule has 152 valence electrons. The molecule has 3 rings (SSSR count). The van der Waals surface area contributed by atoms with Crippen LogP contribution in [0.4, 0.5) is 5.82 Å². The number of esters is 2. The lowest BCUT2D eigenvalue weighted by Gasteiger charge is -2.27. The fourth-order valence-corrected chi connectivity index (χ4v) is 3.25. The van der Waals surface area contributed by atoms with Gasteiger partial charge in [0, 0.05) is 6.92 Å². The van der Waals surface area contributed by atoms with Gasteiger partial charge in [-0.25, -0.2) is 9.50 Å². The normalized spacial score (nSPS) is 27.3. The summed E-state index contributed by atoms with van der Waals surface area (Å²) in [5.74, 6) is -1.11. The second kappa shape index (κ2) is 7.36. The molecule has 0 saturated carbocycles. The first-order valence-electron chi connectivity index (χ1n) is 8.93. The summed E-state index contributed by atoms with van der Waals surface area (Å²) >= 11 is 0. The monoisotopic (exact) mass is 392 g/mol. The summed E-state index contributed by atoms with van der Waals surface area (Å²) in [5, 5.41) is 15.2. The number of aliphatic hydroxyl groups excluding tert-OH is 1. The first-order chi connectivity index (χ1) is 13.1. The van der Waals surface area contributed by atoms with E-state index >= 15 is 0 Å². The molecule has 1 aliphatic rings. The highest BCUT2D eigenvalue weighted by Gasteiger charge is 2.56. The molecule has 3 N–H and O–H groups in total. The lowest BCUT2D eigenvalue weighted by molar-refractivity contribution is -0.162. The summed E-state index contributed by atoms with van der Waals surface area (Å²) in [6.45, 7) is 6.12. The highest BCUT2D eigenvalue weighted by Crippen LogP contribution is 2.41. The number of nitrogen functional groups attached to an aromatic ring is 1. The third-order valence-corrected chi connectivity index (χ3v) is 4.80. The van der Waals surface area contributed by atoms with Crippen LogP contribution in [0.1, 0.15) is 33.4 Å². The topological polar surface area (TPSA) is 138 Å². The van der Waals surface area contributed by atoms with Crippen molar-refractivity contribution in [3.63, 3.8) is 0 Å². The van der Waals surface area contributed by atoms with Crippen LogP contribution in [0, 0.1) is 5.92 Å². The van der Waals surface area contributed by atoms with E-state index in [2.05, 4.69) is 10.1 Å². The Hall–Kier alpha value is -2.72. The van der Waals surface area contributed by atoms with Crippen LogP contribution in [-0.2, 0) is 29.4 Å². The maximum absolute atomic E-state index is 12.1. The zero-order valence-corrected chi connectivity index (χ0v) is 16.2. The summed E-state index contributed by atoms with van der Waals surface area (Å²) in [5.41, 5.74) is 5.64. The number of carbonyl (C=O) groups excluding carboxylic acids is 2. The number of ether oxygens (including phenoxy) is 3. The molecular weight excluding hydrogens is 368 g/mol. The molecule has 0 aliphatic carbocycles. The molecule has 0 aromatic carbocycles. The average molecular weight is 392 g/mol. The van der Waals surface area contributed by atoms with E-state index in [9.17, 15) is 14.7 Å². The van der Waals surface area contributed by atoms with Gasteiger partial charge in [0.2, 0.25) is 0 Å². The summed E-state index contributed by atoms with van der Waals surface area (Å²) in [6.07, 6.45) is -1.81. The third-order valence-electron chi connectivity index (χ3n) is 4.80. The van der Waals surface area contributed by atoms with E-state index in [1.54, 1.807) is 32.9 Å². The number of hydrogen-bond acceptors (Lipinski definition) is 9. The maximum Gasteiger partial charge on any atom is 0.308 e. The highest BCUT2D eigenvalue weighted by molar-refractivity contribution is 5.72. The minimum atomic E-state index is -1.29. The lowest BCUT2D eigenvalue weighted by atomic mass is 9.93. The molecule has 2 aromatic rings. The molecule has 10 heteroatoms. The van der Waals surface area contributed by atoms with Crippen molar-refractivity contribution in [1.29, 1.82) is 0 Å². The predicted molar refractivity (Wildman–Crippen MR) is 97.0 cm³/mol. The number of carbonyl (C=O) groups is 2. The van der Waals surface area contributed by atoms with Crippen LogP contribution >= 0.6 is 0 Å². The van der Waals surface area contributed by atoms with Gasteiger partial charge in [0.05, 0.1) is 11.6 Å². The minimum Gasteiger partial charge on any atom is -0.463 e. The fourth-order valence-electron chi connectivity index (χ4n) is 3.25. The SMILES string of the molecule is CC(=O)OC[C@H]1O[C@@](C)(c2ccc3c(N)ncnn23)[C@H](O)[C@@H]1OC(=O)C(C)C. The average Bonchev–Trinajstić information content (AvgIpc) is 3.16. The molecule has 4 atom stereocenters. The predicted octanol–water partition coefficient (Wildman–Crippen LogP) is 0.417. The van der Waals surface area contributed by atoms with Crippen molar-refractivity contribution in [2.24, 2.45) is 5.92 Å². The Morgan fingerprint density at radius 1 is 1.43 bits per heavy atom.